The summed E-state index contributed by atoms with van der Waals surface area (Å²) in [5.41, 5.74) is 4.74. The Kier molecular flexibility index (Phi) is 5.75. The zero-order valence-corrected chi connectivity index (χ0v) is 18.2. The lowest BCUT2D eigenvalue weighted by Gasteiger charge is -2.18. The van der Waals surface area contributed by atoms with Crippen molar-refractivity contribution in [3.05, 3.63) is 76.9 Å². The Labute approximate surface area is 181 Å². The molecule has 4 aromatic rings. The Balaban J connectivity index is 1.55. The van der Waals surface area contributed by atoms with Gasteiger partial charge in [0.05, 0.1) is 18.8 Å². The van der Waals surface area contributed by atoms with Crippen LogP contribution in [0.2, 0.25) is 0 Å². The van der Waals surface area contributed by atoms with Crippen molar-refractivity contribution in [2.45, 2.75) is 32.7 Å². The summed E-state index contributed by atoms with van der Waals surface area (Å²) in [6.07, 6.45) is 2.53. The van der Waals surface area contributed by atoms with Crippen LogP contribution in [0.1, 0.15) is 40.6 Å². The van der Waals surface area contributed by atoms with Crippen molar-refractivity contribution in [1.82, 2.24) is 20.1 Å². The summed E-state index contributed by atoms with van der Waals surface area (Å²) in [5, 5.41) is 8.40. The fourth-order valence-corrected chi connectivity index (χ4v) is 4.00. The number of hydrogen-bond acceptors (Lipinski definition) is 5. The van der Waals surface area contributed by atoms with Crippen LogP contribution in [0, 0.1) is 13.8 Å². The molecule has 3 aromatic heterocycles. The van der Waals surface area contributed by atoms with E-state index in [1.54, 1.807) is 18.1 Å². The largest absolute Gasteiger partial charge is 0.479 e. The van der Waals surface area contributed by atoms with Crippen LogP contribution in [-0.2, 0) is 18.3 Å². The van der Waals surface area contributed by atoms with Gasteiger partial charge in [-0.05, 0) is 49.1 Å². The van der Waals surface area contributed by atoms with E-state index in [1.807, 2.05) is 63.4 Å². The number of aryl methyl sites for hydroxylation is 3. The number of aromatic nitrogens is 3. The van der Waals surface area contributed by atoms with E-state index in [9.17, 15) is 4.79 Å². The van der Waals surface area contributed by atoms with Crippen LogP contribution in [0.5, 0.6) is 5.88 Å². The molecular weight excluding hydrogens is 392 g/mol. The Morgan fingerprint density at radius 1 is 1.19 bits per heavy atom. The van der Waals surface area contributed by atoms with Gasteiger partial charge in [-0.25, -0.2) is 9.67 Å². The predicted molar refractivity (Wildman–Crippen MR) is 118 cm³/mol. The van der Waals surface area contributed by atoms with Gasteiger partial charge in [0.15, 0.2) is 5.65 Å². The van der Waals surface area contributed by atoms with E-state index < -0.39 is 0 Å². The minimum Gasteiger partial charge on any atom is -0.479 e. The second-order valence-corrected chi connectivity index (χ2v) is 7.56. The molecule has 1 atom stereocenters. The molecule has 0 radical (unpaired) electrons. The highest BCUT2D eigenvalue weighted by atomic mass is 16.5. The summed E-state index contributed by atoms with van der Waals surface area (Å²) < 4.78 is 12.7. The first-order chi connectivity index (χ1) is 15.0. The molecule has 31 heavy (non-hydrogen) atoms. The second-order valence-electron chi connectivity index (χ2n) is 7.56. The highest BCUT2D eigenvalue weighted by molar-refractivity contribution is 5.86. The summed E-state index contributed by atoms with van der Waals surface area (Å²) in [4.78, 5) is 17.6. The van der Waals surface area contributed by atoms with Gasteiger partial charge in [-0.15, -0.1) is 5.10 Å². The number of carbonyl (C=O) groups is 1. The summed E-state index contributed by atoms with van der Waals surface area (Å²) >= 11 is 0. The summed E-state index contributed by atoms with van der Waals surface area (Å²) in [5.74, 6) is 1.20. The zero-order valence-electron chi connectivity index (χ0n) is 18.2. The Bertz CT molecular complexity index is 1200. The molecule has 0 spiro atoms. The number of pyridine rings is 1. The van der Waals surface area contributed by atoms with Gasteiger partial charge < -0.3 is 14.5 Å². The van der Waals surface area contributed by atoms with Gasteiger partial charge in [0, 0.05) is 19.2 Å². The third kappa shape index (κ3) is 4.03. The first-order valence-corrected chi connectivity index (χ1v) is 10.2. The first kappa shape index (κ1) is 20.7. The maximum atomic E-state index is 12.9. The Hall–Kier alpha value is -3.61. The number of furan rings is 1. The highest BCUT2D eigenvalue weighted by Crippen LogP contribution is 2.30. The molecule has 1 unspecified atom stereocenters. The summed E-state index contributed by atoms with van der Waals surface area (Å²) in [6, 6.07) is 13.2. The number of nitrogens with one attached hydrogen (secondary N) is 1. The zero-order chi connectivity index (χ0) is 22.0. The number of hydrogen-bond donors (Lipinski definition) is 1. The van der Waals surface area contributed by atoms with Crippen molar-refractivity contribution in [3.8, 4) is 5.88 Å². The molecule has 0 saturated heterocycles. The van der Waals surface area contributed by atoms with Crippen LogP contribution in [0.4, 0.5) is 0 Å². The topological polar surface area (TPSA) is 82.2 Å². The SMILES string of the molecule is COc1nn(C)c2nc(C)c(CCC(=O)NC(c3ccccc3)c3ccco3)c(C)c12. The van der Waals surface area contributed by atoms with E-state index in [2.05, 4.69) is 10.4 Å². The average Bonchev–Trinajstić information content (AvgIpc) is 3.41. The molecule has 160 valence electrons. The minimum absolute atomic E-state index is 0.0534. The Morgan fingerprint density at radius 3 is 2.65 bits per heavy atom. The summed E-state index contributed by atoms with van der Waals surface area (Å²) in [6.45, 7) is 4.00. The number of fused-ring (bicyclic) bond motifs is 1. The molecule has 0 saturated carbocycles. The molecule has 0 bridgehead atoms. The second kappa shape index (κ2) is 8.63. The van der Waals surface area contributed by atoms with E-state index in [1.165, 1.54) is 0 Å². The normalized spacial score (nSPS) is 12.1. The van der Waals surface area contributed by atoms with Gasteiger partial charge >= 0.3 is 0 Å². The molecule has 0 aliphatic rings. The molecule has 4 rings (SSSR count). The third-order valence-corrected chi connectivity index (χ3v) is 5.58. The number of ether oxygens (including phenoxy) is 1. The molecule has 1 amide bonds. The molecule has 3 heterocycles. The van der Waals surface area contributed by atoms with Gasteiger partial charge in [0.25, 0.3) is 0 Å². The number of amides is 1. The molecule has 0 aliphatic carbocycles. The average molecular weight is 418 g/mol. The van der Waals surface area contributed by atoms with E-state index in [0.29, 0.717) is 24.5 Å². The predicted octanol–water partition coefficient (Wildman–Crippen LogP) is 4.03. The first-order valence-electron chi connectivity index (χ1n) is 10.2. The smallest absolute Gasteiger partial charge is 0.242 e. The molecular formula is C24H26N4O3. The van der Waals surface area contributed by atoms with Gasteiger partial charge in [-0.1, -0.05) is 30.3 Å². The fourth-order valence-electron chi connectivity index (χ4n) is 4.00. The number of rotatable bonds is 7. The lowest BCUT2D eigenvalue weighted by atomic mass is 9.99. The monoisotopic (exact) mass is 418 g/mol. The maximum absolute atomic E-state index is 12.9. The molecule has 1 aromatic carbocycles. The van der Waals surface area contributed by atoms with Crippen LogP contribution in [0.3, 0.4) is 0 Å². The van der Waals surface area contributed by atoms with E-state index in [0.717, 1.165) is 33.4 Å². The molecule has 7 nitrogen and oxygen atoms in total. The highest BCUT2D eigenvalue weighted by Gasteiger charge is 2.21. The van der Waals surface area contributed by atoms with Crippen molar-refractivity contribution in [2.24, 2.45) is 7.05 Å². The van der Waals surface area contributed by atoms with Crippen molar-refractivity contribution in [2.75, 3.05) is 7.11 Å². The van der Waals surface area contributed by atoms with E-state index in [4.69, 9.17) is 14.1 Å². The van der Waals surface area contributed by atoms with E-state index in [-0.39, 0.29) is 11.9 Å². The lowest BCUT2D eigenvalue weighted by Crippen LogP contribution is -2.29. The van der Waals surface area contributed by atoms with Crippen LogP contribution in [-0.4, -0.2) is 27.8 Å². The van der Waals surface area contributed by atoms with Crippen molar-refractivity contribution < 1.29 is 13.9 Å². The number of carbonyl (C=O) groups excluding carboxylic acids is 1. The fraction of sp³-hybridized carbons (Fsp3) is 0.292. The van der Waals surface area contributed by atoms with Crippen LogP contribution in [0.25, 0.3) is 11.0 Å². The quantitative estimate of drug-likeness (QED) is 0.490. The Morgan fingerprint density at radius 2 is 1.97 bits per heavy atom. The van der Waals surface area contributed by atoms with Gasteiger partial charge in [0.2, 0.25) is 11.8 Å². The maximum Gasteiger partial charge on any atom is 0.242 e. The number of nitrogens with zero attached hydrogens (tertiary/aromatic N) is 3. The lowest BCUT2D eigenvalue weighted by molar-refractivity contribution is -0.121. The van der Waals surface area contributed by atoms with Gasteiger partial charge in [-0.3, -0.25) is 4.79 Å². The van der Waals surface area contributed by atoms with Crippen molar-refractivity contribution >= 4 is 16.9 Å². The van der Waals surface area contributed by atoms with Crippen molar-refractivity contribution in [3.63, 3.8) is 0 Å². The van der Waals surface area contributed by atoms with Crippen LogP contribution >= 0.6 is 0 Å². The van der Waals surface area contributed by atoms with Gasteiger partial charge in [-0.2, -0.15) is 0 Å². The van der Waals surface area contributed by atoms with Gasteiger partial charge in [0.1, 0.15) is 11.8 Å². The minimum atomic E-state index is -0.329. The standard InChI is InChI=1S/C24H26N4O3/c1-15-18(16(2)25-23-21(15)24(30-4)27-28(23)3)12-13-20(29)26-22(19-11-8-14-31-19)17-9-6-5-7-10-17/h5-11,14,22H,12-13H2,1-4H3,(H,26,29). The summed E-state index contributed by atoms with van der Waals surface area (Å²) in [7, 11) is 3.45. The number of methoxy groups -OCH3 is 1. The molecule has 0 aliphatic heterocycles. The molecule has 0 fully saturated rings. The molecule has 7 heteroatoms. The van der Waals surface area contributed by atoms with Crippen molar-refractivity contribution in [1.29, 1.82) is 0 Å². The van der Waals surface area contributed by atoms with Crippen LogP contribution < -0.4 is 10.1 Å². The molecule has 1 N–H and O–H groups in total. The van der Waals surface area contributed by atoms with Crippen LogP contribution in [0.15, 0.2) is 53.1 Å². The number of benzene rings is 1. The third-order valence-electron chi connectivity index (χ3n) is 5.58. The van der Waals surface area contributed by atoms with E-state index >= 15 is 0 Å².